The normalized spacial score (nSPS) is 13.2. The minimum Gasteiger partial charge on any atom is -0.478 e. The zero-order valence-electron chi connectivity index (χ0n) is 12.5. The summed E-state index contributed by atoms with van der Waals surface area (Å²) in [5.41, 5.74) is 1.05. The lowest BCUT2D eigenvalue weighted by molar-refractivity contribution is 0.321. The van der Waals surface area contributed by atoms with Gasteiger partial charge in [-0.15, -0.1) is 11.6 Å². The molecular weight excluding hydrogens is 262 g/mol. The Balaban J connectivity index is 2.93. The molecule has 0 bridgehead atoms. The number of hydrogen-bond donors (Lipinski definition) is 1. The molecule has 1 heterocycles. The van der Waals surface area contributed by atoms with Gasteiger partial charge in [-0.1, -0.05) is 20.8 Å². The van der Waals surface area contributed by atoms with Gasteiger partial charge in [0.15, 0.2) is 0 Å². The number of nitrogens with zero attached hydrogens (tertiary/aromatic N) is 2. The molecule has 0 aliphatic rings. The molecule has 0 saturated carbocycles. The summed E-state index contributed by atoms with van der Waals surface area (Å²) in [6.07, 6.45) is 2.42. The number of halogens is 1. The van der Waals surface area contributed by atoms with Crippen LogP contribution in [0.3, 0.4) is 0 Å². The fourth-order valence-electron chi connectivity index (χ4n) is 1.86. The van der Waals surface area contributed by atoms with Crippen molar-refractivity contribution in [2.75, 3.05) is 17.8 Å². The van der Waals surface area contributed by atoms with Crippen LogP contribution in [0, 0.1) is 12.3 Å². The molecule has 0 aliphatic heterocycles. The van der Waals surface area contributed by atoms with Gasteiger partial charge in [0.2, 0.25) is 5.88 Å². The van der Waals surface area contributed by atoms with Gasteiger partial charge in [-0.2, -0.15) is 0 Å². The molecular formula is C14H24ClN3O. The van der Waals surface area contributed by atoms with E-state index in [-0.39, 0.29) is 11.5 Å². The van der Waals surface area contributed by atoms with Crippen LogP contribution in [0.4, 0.5) is 5.82 Å². The fourth-order valence-corrected chi connectivity index (χ4v) is 2.08. The molecule has 0 aliphatic carbocycles. The summed E-state index contributed by atoms with van der Waals surface area (Å²) in [6.45, 7) is 11.1. The molecule has 1 unspecified atom stereocenters. The van der Waals surface area contributed by atoms with Gasteiger partial charge in [0, 0.05) is 11.9 Å². The maximum Gasteiger partial charge on any atom is 0.221 e. The van der Waals surface area contributed by atoms with E-state index in [1.54, 1.807) is 0 Å². The third kappa shape index (κ3) is 4.53. The first-order valence-electron chi connectivity index (χ1n) is 6.67. The van der Waals surface area contributed by atoms with Crippen molar-refractivity contribution in [2.24, 2.45) is 5.41 Å². The summed E-state index contributed by atoms with van der Waals surface area (Å²) in [7, 11) is 0. The molecule has 1 aromatic heterocycles. The summed E-state index contributed by atoms with van der Waals surface area (Å²) in [6, 6.07) is 0.257. The van der Waals surface area contributed by atoms with Crippen LogP contribution in [0.2, 0.25) is 0 Å². The highest BCUT2D eigenvalue weighted by atomic mass is 35.5. The van der Waals surface area contributed by atoms with Crippen LogP contribution in [0.5, 0.6) is 5.88 Å². The standard InChI is InChI=1S/C14H24ClN3O/c1-6-19-13-10(2)12(16-9-17-13)18-11(7-8-15)14(3,4)5/h9,11H,6-8H2,1-5H3,(H,16,17,18). The lowest BCUT2D eigenvalue weighted by Gasteiger charge is -2.32. The predicted octanol–water partition coefficient (Wildman–Crippen LogP) is 3.64. The van der Waals surface area contributed by atoms with Gasteiger partial charge >= 0.3 is 0 Å². The molecule has 0 amide bonds. The molecule has 0 saturated heterocycles. The van der Waals surface area contributed by atoms with Crippen LogP contribution in [-0.4, -0.2) is 28.5 Å². The minimum atomic E-state index is 0.109. The van der Waals surface area contributed by atoms with Crippen molar-refractivity contribution < 1.29 is 4.74 Å². The molecule has 0 spiro atoms. The average Bonchev–Trinajstić information content (AvgIpc) is 2.32. The number of hydrogen-bond acceptors (Lipinski definition) is 4. The monoisotopic (exact) mass is 285 g/mol. The second-order valence-corrected chi connectivity index (χ2v) is 6.00. The van der Waals surface area contributed by atoms with E-state index in [4.69, 9.17) is 16.3 Å². The van der Waals surface area contributed by atoms with Crippen molar-refractivity contribution in [3.05, 3.63) is 11.9 Å². The van der Waals surface area contributed by atoms with Gasteiger partial charge in [-0.05, 0) is 25.7 Å². The van der Waals surface area contributed by atoms with Crippen molar-refractivity contribution in [1.82, 2.24) is 9.97 Å². The largest absolute Gasteiger partial charge is 0.478 e. The van der Waals surface area contributed by atoms with Crippen LogP contribution < -0.4 is 10.1 Å². The molecule has 1 atom stereocenters. The number of alkyl halides is 1. The molecule has 0 radical (unpaired) electrons. The summed E-state index contributed by atoms with van der Waals surface area (Å²) in [5, 5.41) is 3.47. The van der Waals surface area contributed by atoms with E-state index in [9.17, 15) is 0 Å². The highest BCUT2D eigenvalue weighted by Crippen LogP contribution is 2.28. The van der Waals surface area contributed by atoms with Crippen molar-refractivity contribution in [2.45, 2.75) is 47.1 Å². The fraction of sp³-hybridized carbons (Fsp3) is 0.714. The SMILES string of the molecule is CCOc1ncnc(NC(CCCl)C(C)(C)C)c1C. The lowest BCUT2D eigenvalue weighted by Crippen LogP contribution is -2.35. The quantitative estimate of drug-likeness (QED) is 0.811. The van der Waals surface area contributed by atoms with Gasteiger partial charge in [-0.3, -0.25) is 0 Å². The van der Waals surface area contributed by atoms with Gasteiger partial charge in [0.1, 0.15) is 12.1 Å². The summed E-state index contributed by atoms with van der Waals surface area (Å²) in [4.78, 5) is 8.46. The Kier molecular flexibility index (Phi) is 5.85. The van der Waals surface area contributed by atoms with Gasteiger partial charge in [-0.25, -0.2) is 9.97 Å². The van der Waals surface area contributed by atoms with Crippen LogP contribution in [0.1, 0.15) is 39.7 Å². The predicted molar refractivity (Wildman–Crippen MR) is 80.1 cm³/mol. The van der Waals surface area contributed by atoms with E-state index in [1.165, 1.54) is 6.33 Å². The van der Waals surface area contributed by atoms with E-state index >= 15 is 0 Å². The topological polar surface area (TPSA) is 47.0 Å². The van der Waals surface area contributed by atoms with Crippen LogP contribution in [-0.2, 0) is 0 Å². The summed E-state index contributed by atoms with van der Waals surface area (Å²) >= 11 is 5.89. The molecule has 19 heavy (non-hydrogen) atoms. The Morgan fingerprint density at radius 1 is 1.37 bits per heavy atom. The first-order chi connectivity index (χ1) is 8.90. The highest BCUT2D eigenvalue weighted by molar-refractivity contribution is 6.17. The van der Waals surface area contributed by atoms with E-state index < -0.39 is 0 Å². The molecule has 1 aromatic rings. The van der Waals surface area contributed by atoms with E-state index in [1.807, 2.05) is 13.8 Å². The Bertz CT molecular complexity index is 404. The Morgan fingerprint density at radius 3 is 2.58 bits per heavy atom. The maximum absolute atomic E-state index is 5.89. The van der Waals surface area contributed by atoms with E-state index in [2.05, 4.69) is 36.1 Å². The molecule has 0 aromatic carbocycles. The van der Waals surface area contributed by atoms with Crippen LogP contribution >= 0.6 is 11.6 Å². The van der Waals surface area contributed by atoms with Crippen molar-refractivity contribution >= 4 is 17.4 Å². The first kappa shape index (κ1) is 16.0. The first-order valence-corrected chi connectivity index (χ1v) is 7.20. The molecule has 1 N–H and O–H groups in total. The van der Waals surface area contributed by atoms with Gasteiger partial charge < -0.3 is 10.1 Å². The summed E-state index contributed by atoms with van der Waals surface area (Å²) < 4.78 is 5.49. The van der Waals surface area contributed by atoms with E-state index in [0.717, 1.165) is 17.8 Å². The molecule has 108 valence electrons. The van der Waals surface area contributed by atoms with Crippen molar-refractivity contribution in [3.63, 3.8) is 0 Å². The summed E-state index contributed by atoms with van der Waals surface area (Å²) in [5.74, 6) is 2.08. The maximum atomic E-state index is 5.89. The Morgan fingerprint density at radius 2 is 2.05 bits per heavy atom. The van der Waals surface area contributed by atoms with Crippen molar-refractivity contribution in [1.29, 1.82) is 0 Å². The second-order valence-electron chi connectivity index (χ2n) is 5.63. The van der Waals surface area contributed by atoms with E-state index in [0.29, 0.717) is 18.4 Å². The number of anilines is 1. The minimum absolute atomic E-state index is 0.109. The van der Waals surface area contributed by atoms with Gasteiger partial charge in [0.25, 0.3) is 0 Å². The lowest BCUT2D eigenvalue weighted by atomic mass is 9.85. The number of nitrogens with one attached hydrogen (secondary N) is 1. The Hall–Kier alpha value is -1.03. The molecule has 4 nitrogen and oxygen atoms in total. The van der Waals surface area contributed by atoms with Crippen LogP contribution in [0.25, 0.3) is 0 Å². The highest BCUT2D eigenvalue weighted by Gasteiger charge is 2.25. The van der Waals surface area contributed by atoms with Gasteiger partial charge in [0.05, 0.1) is 12.2 Å². The average molecular weight is 286 g/mol. The molecule has 5 heteroatoms. The number of rotatable bonds is 6. The molecule has 1 rings (SSSR count). The van der Waals surface area contributed by atoms with Crippen molar-refractivity contribution in [3.8, 4) is 5.88 Å². The number of ether oxygens (including phenoxy) is 1. The third-order valence-electron chi connectivity index (χ3n) is 3.07. The van der Waals surface area contributed by atoms with Crippen LogP contribution in [0.15, 0.2) is 6.33 Å². The number of aromatic nitrogens is 2. The zero-order valence-corrected chi connectivity index (χ0v) is 13.2. The second kappa shape index (κ2) is 6.94. The third-order valence-corrected chi connectivity index (χ3v) is 3.29. The smallest absolute Gasteiger partial charge is 0.221 e. The molecule has 0 fully saturated rings. The Labute approximate surface area is 120 Å². The zero-order chi connectivity index (χ0) is 14.5.